The number of hydrogen-bond acceptors (Lipinski definition) is 1. The van der Waals surface area contributed by atoms with Crippen LogP contribution in [0.15, 0.2) is 0 Å². The third-order valence-electron chi connectivity index (χ3n) is 5.08. The lowest BCUT2D eigenvalue weighted by molar-refractivity contribution is -0.117. The lowest BCUT2D eigenvalue weighted by atomic mass is 9.75. The van der Waals surface area contributed by atoms with Gasteiger partial charge < -0.3 is 4.79 Å². The number of rotatable bonds is 17. The SMILES string of the molecule is CCCCCCCC(C=O)(CCCCC)CCCCCCC. The Morgan fingerprint density at radius 3 is 1.23 bits per heavy atom. The first-order valence-electron chi connectivity index (χ1n) is 10.2. The van der Waals surface area contributed by atoms with Crippen molar-refractivity contribution in [2.24, 2.45) is 5.41 Å². The van der Waals surface area contributed by atoms with Crippen molar-refractivity contribution in [3.8, 4) is 0 Å². The van der Waals surface area contributed by atoms with Crippen LogP contribution < -0.4 is 0 Å². The van der Waals surface area contributed by atoms with Gasteiger partial charge >= 0.3 is 0 Å². The predicted molar refractivity (Wildman–Crippen MR) is 99.4 cm³/mol. The van der Waals surface area contributed by atoms with Crippen LogP contribution in [0.25, 0.3) is 0 Å². The average molecular weight is 311 g/mol. The lowest BCUT2D eigenvalue weighted by Crippen LogP contribution is -2.23. The van der Waals surface area contributed by atoms with E-state index < -0.39 is 0 Å². The maximum absolute atomic E-state index is 11.9. The molecule has 0 unspecified atom stereocenters. The molecule has 22 heavy (non-hydrogen) atoms. The molecule has 0 fully saturated rings. The van der Waals surface area contributed by atoms with Crippen molar-refractivity contribution in [1.29, 1.82) is 0 Å². The quantitative estimate of drug-likeness (QED) is 0.201. The van der Waals surface area contributed by atoms with Crippen molar-refractivity contribution in [1.82, 2.24) is 0 Å². The molecule has 1 heteroatoms. The molecule has 0 heterocycles. The highest BCUT2D eigenvalue weighted by Crippen LogP contribution is 2.35. The monoisotopic (exact) mass is 310 g/mol. The van der Waals surface area contributed by atoms with Gasteiger partial charge in [0.2, 0.25) is 0 Å². The number of carbonyl (C=O) groups excluding carboxylic acids is 1. The van der Waals surface area contributed by atoms with E-state index >= 15 is 0 Å². The summed E-state index contributed by atoms with van der Waals surface area (Å²) in [7, 11) is 0. The third-order valence-corrected chi connectivity index (χ3v) is 5.08. The first kappa shape index (κ1) is 21.7. The minimum atomic E-state index is 0.00754. The van der Waals surface area contributed by atoms with Crippen LogP contribution in [0.2, 0.25) is 0 Å². The highest BCUT2D eigenvalue weighted by Gasteiger charge is 2.27. The van der Waals surface area contributed by atoms with E-state index in [2.05, 4.69) is 20.8 Å². The Kier molecular flexibility index (Phi) is 15.3. The van der Waals surface area contributed by atoms with Gasteiger partial charge in [0.25, 0.3) is 0 Å². The zero-order valence-electron chi connectivity index (χ0n) is 15.8. The van der Waals surface area contributed by atoms with Crippen molar-refractivity contribution < 1.29 is 4.79 Å². The molecule has 0 saturated carbocycles. The molecule has 0 aliphatic rings. The van der Waals surface area contributed by atoms with E-state index in [0.717, 1.165) is 19.3 Å². The molecule has 0 amide bonds. The summed E-state index contributed by atoms with van der Waals surface area (Å²) in [4.78, 5) is 11.9. The van der Waals surface area contributed by atoms with Gasteiger partial charge in [0.05, 0.1) is 0 Å². The van der Waals surface area contributed by atoms with E-state index in [1.165, 1.54) is 89.8 Å². The summed E-state index contributed by atoms with van der Waals surface area (Å²) in [5, 5.41) is 0. The molecule has 0 radical (unpaired) electrons. The molecule has 0 atom stereocenters. The highest BCUT2D eigenvalue weighted by atomic mass is 16.1. The summed E-state index contributed by atoms with van der Waals surface area (Å²) in [6.07, 6.45) is 21.6. The summed E-state index contributed by atoms with van der Waals surface area (Å²) < 4.78 is 0. The average Bonchev–Trinajstić information content (AvgIpc) is 2.54. The first-order chi connectivity index (χ1) is 10.7. The smallest absolute Gasteiger partial charge is 0.126 e. The van der Waals surface area contributed by atoms with Crippen LogP contribution in [0.5, 0.6) is 0 Å². The zero-order chi connectivity index (χ0) is 16.5. The fourth-order valence-corrected chi connectivity index (χ4v) is 3.44. The second-order valence-electron chi connectivity index (χ2n) is 7.27. The third kappa shape index (κ3) is 11.3. The van der Waals surface area contributed by atoms with Crippen LogP contribution in [0.4, 0.5) is 0 Å². The second kappa shape index (κ2) is 15.6. The van der Waals surface area contributed by atoms with Crippen LogP contribution >= 0.6 is 0 Å². The van der Waals surface area contributed by atoms with Gasteiger partial charge in [0.15, 0.2) is 0 Å². The van der Waals surface area contributed by atoms with Gasteiger partial charge in [-0.2, -0.15) is 0 Å². The summed E-state index contributed by atoms with van der Waals surface area (Å²) in [6.45, 7) is 6.77. The summed E-state index contributed by atoms with van der Waals surface area (Å²) in [5.41, 5.74) is 0.00754. The summed E-state index contributed by atoms with van der Waals surface area (Å²) >= 11 is 0. The van der Waals surface area contributed by atoms with Gasteiger partial charge in [0.1, 0.15) is 6.29 Å². The molecule has 0 bridgehead atoms. The molecule has 0 aromatic heterocycles. The molecular weight excluding hydrogens is 268 g/mol. The van der Waals surface area contributed by atoms with Gasteiger partial charge in [0, 0.05) is 5.41 Å². The largest absolute Gasteiger partial charge is 0.303 e. The molecule has 0 saturated heterocycles. The standard InChI is InChI=1S/C21H42O/c1-4-7-10-12-15-18-21(20-22,17-14-9-6-3)19-16-13-11-8-5-2/h20H,4-19H2,1-3H3. The number of unbranched alkanes of at least 4 members (excludes halogenated alkanes) is 10. The molecule has 0 spiro atoms. The van der Waals surface area contributed by atoms with Crippen molar-refractivity contribution >= 4 is 6.29 Å². The Hall–Kier alpha value is -0.330. The molecule has 0 rings (SSSR count). The van der Waals surface area contributed by atoms with Crippen LogP contribution in [-0.4, -0.2) is 6.29 Å². The molecule has 132 valence electrons. The molecule has 0 N–H and O–H groups in total. The van der Waals surface area contributed by atoms with E-state index in [0.29, 0.717) is 0 Å². The van der Waals surface area contributed by atoms with Crippen LogP contribution in [-0.2, 0) is 4.79 Å². The van der Waals surface area contributed by atoms with Crippen LogP contribution in [0.3, 0.4) is 0 Å². The maximum atomic E-state index is 11.9. The Labute approximate surface area is 140 Å². The Morgan fingerprint density at radius 1 is 0.545 bits per heavy atom. The number of hydrogen-bond donors (Lipinski definition) is 0. The fourth-order valence-electron chi connectivity index (χ4n) is 3.44. The van der Waals surface area contributed by atoms with Gasteiger partial charge in [-0.15, -0.1) is 0 Å². The van der Waals surface area contributed by atoms with Crippen LogP contribution in [0.1, 0.15) is 124 Å². The molecule has 0 aliphatic carbocycles. The summed E-state index contributed by atoms with van der Waals surface area (Å²) in [5.74, 6) is 0. The van der Waals surface area contributed by atoms with E-state index in [-0.39, 0.29) is 5.41 Å². The predicted octanol–water partition coefficient (Wildman–Crippen LogP) is 7.47. The van der Waals surface area contributed by atoms with Crippen molar-refractivity contribution in [3.05, 3.63) is 0 Å². The van der Waals surface area contributed by atoms with E-state index in [1.54, 1.807) is 0 Å². The van der Waals surface area contributed by atoms with Gasteiger partial charge in [-0.3, -0.25) is 0 Å². The van der Waals surface area contributed by atoms with E-state index in [4.69, 9.17) is 0 Å². The normalized spacial score (nSPS) is 11.8. The fraction of sp³-hybridized carbons (Fsp3) is 0.952. The zero-order valence-corrected chi connectivity index (χ0v) is 15.8. The summed E-state index contributed by atoms with van der Waals surface area (Å²) in [6, 6.07) is 0. The second-order valence-corrected chi connectivity index (χ2v) is 7.27. The topological polar surface area (TPSA) is 17.1 Å². The van der Waals surface area contributed by atoms with Gasteiger partial charge in [-0.25, -0.2) is 0 Å². The van der Waals surface area contributed by atoms with Crippen molar-refractivity contribution in [3.63, 3.8) is 0 Å². The Bertz CT molecular complexity index is 220. The number of carbonyl (C=O) groups is 1. The van der Waals surface area contributed by atoms with Crippen molar-refractivity contribution in [2.45, 2.75) is 124 Å². The molecule has 0 aromatic carbocycles. The first-order valence-corrected chi connectivity index (χ1v) is 10.2. The highest BCUT2D eigenvalue weighted by molar-refractivity contribution is 5.59. The Balaban J connectivity index is 4.21. The molecular formula is C21H42O. The van der Waals surface area contributed by atoms with Gasteiger partial charge in [-0.1, -0.05) is 104 Å². The molecule has 1 nitrogen and oxygen atoms in total. The van der Waals surface area contributed by atoms with Gasteiger partial charge in [-0.05, 0) is 19.3 Å². The minimum absolute atomic E-state index is 0.00754. The molecule has 0 aliphatic heterocycles. The van der Waals surface area contributed by atoms with Crippen molar-refractivity contribution in [2.75, 3.05) is 0 Å². The van der Waals surface area contributed by atoms with E-state index in [1.807, 2.05) is 0 Å². The molecule has 0 aromatic rings. The van der Waals surface area contributed by atoms with E-state index in [9.17, 15) is 4.79 Å². The minimum Gasteiger partial charge on any atom is -0.303 e. The lowest BCUT2D eigenvalue weighted by Gasteiger charge is -2.28. The maximum Gasteiger partial charge on any atom is 0.126 e. The Morgan fingerprint density at radius 2 is 0.864 bits per heavy atom. The van der Waals surface area contributed by atoms with Crippen LogP contribution in [0, 0.1) is 5.41 Å². The number of aldehydes is 1.